The maximum atomic E-state index is 11.6. The first-order valence-electron chi connectivity index (χ1n) is 6.91. The molecule has 6 nitrogen and oxygen atoms in total. The summed E-state index contributed by atoms with van der Waals surface area (Å²) in [6.07, 6.45) is 3.09. The van der Waals surface area contributed by atoms with E-state index in [2.05, 4.69) is 37.8 Å². The van der Waals surface area contributed by atoms with E-state index in [-0.39, 0.29) is 17.0 Å². The van der Waals surface area contributed by atoms with Crippen molar-refractivity contribution in [3.63, 3.8) is 0 Å². The molecule has 6 heteroatoms. The van der Waals surface area contributed by atoms with E-state index in [0.29, 0.717) is 11.3 Å². The highest BCUT2D eigenvalue weighted by atomic mass is 16.4. The Labute approximate surface area is 124 Å². The number of hydrogen-bond donors (Lipinski definition) is 1. The average Bonchev–Trinajstić information content (AvgIpc) is 2.76. The highest BCUT2D eigenvalue weighted by Crippen LogP contribution is 2.34. The van der Waals surface area contributed by atoms with Crippen molar-refractivity contribution in [2.24, 2.45) is 12.5 Å². The lowest BCUT2D eigenvalue weighted by molar-refractivity contribution is 0.0697. The zero-order chi connectivity index (χ0) is 15.9. The number of carbonyl (C=O) groups is 1. The Kier molecular flexibility index (Phi) is 3.65. The number of rotatable bonds is 3. The van der Waals surface area contributed by atoms with Crippen LogP contribution in [0.15, 0.2) is 12.4 Å². The van der Waals surface area contributed by atoms with Crippen molar-refractivity contribution in [2.75, 3.05) is 11.9 Å². The van der Waals surface area contributed by atoms with Crippen LogP contribution in [0.2, 0.25) is 0 Å². The van der Waals surface area contributed by atoms with E-state index in [1.165, 1.54) is 6.20 Å². The van der Waals surface area contributed by atoms with E-state index in [0.717, 1.165) is 5.39 Å². The summed E-state index contributed by atoms with van der Waals surface area (Å²) in [7, 11) is 3.72. The van der Waals surface area contributed by atoms with Crippen LogP contribution in [0.5, 0.6) is 0 Å². The topological polar surface area (TPSA) is 71.2 Å². The van der Waals surface area contributed by atoms with Gasteiger partial charge in [0.15, 0.2) is 5.65 Å². The molecule has 0 aliphatic rings. The maximum Gasteiger partial charge on any atom is 0.339 e. The number of aryl methyl sites for hydroxylation is 1. The molecule has 0 spiro atoms. The van der Waals surface area contributed by atoms with Crippen molar-refractivity contribution in [2.45, 2.75) is 33.7 Å². The van der Waals surface area contributed by atoms with Crippen molar-refractivity contribution in [1.29, 1.82) is 0 Å². The van der Waals surface area contributed by atoms with Gasteiger partial charge in [-0.15, -0.1) is 0 Å². The van der Waals surface area contributed by atoms with Gasteiger partial charge in [-0.3, -0.25) is 4.68 Å². The van der Waals surface area contributed by atoms with Gasteiger partial charge in [-0.25, -0.2) is 9.78 Å². The second-order valence-corrected chi connectivity index (χ2v) is 6.48. The molecule has 0 bridgehead atoms. The van der Waals surface area contributed by atoms with E-state index >= 15 is 0 Å². The van der Waals surface area contributed by atoms with Gasteiger partial charge in [-0.05, 0) is 12.3 Å². The third-order valence-corrected chi connectivity index (χ3v) is 4.15. The van der Waals surface area contributed by atoms with Gasteiger partial charge in [0.2, 0.25) is 0 Å². The Bertz CT molecular complexity index is 685. The molecular weight excluding hydrogens is 268 g/mol. The van der Waals surface area contributed by atoms with Crippen molar-refractivity contribution in [1.82, 2.24) is 14.8 Å². The molecule has 2 heterocycles. The van der Waals surface area contributed by atoms with Gasteiger partial charge in [0.25, 0.3) is 0 Å². The van der Waals surface area contributed by atoms with Crippen LogP contribution in [0, 0.1) is 5.41 Å². The molecule has 114 valence electrons. The second-order valence-electron chi connectivity index (χ2n) is 6.48. The van der Waals surface area contributed by atoms with Gasteiger partial charge in [0.05, 0.1) is 17.3 Å². The molecule has 0 radical (unpaired) electrons. The van der Waals surface area contributed by atoms with Crippen LogP contribution >= 0.6 is 0 Å². The Hall–Kier alpha value is -2.11. The minimum atomic E-state index is -0.976. The Morgan fingerprint density at radius 2 is 2.00 bits per heavy atom. The number of hydrogen-bond acceptors (Lipinski definition) is 4. The number of carboxylic acids is 1. The maximum absolute atomic E-state index is 11.6. The lowest BCUT2D eigenvalue weighted by Gasteiger charge is -2.37. The number of fused-ring (bicyclic) bond motifs is 1. The average molecular weight is 290 g/mol. The molecule has 21 heavy (non-hydrogen) atoms. The Balaban J connectivity index is 2.70. The summed E-state index contributed by atoms with van der Waals surface area (Å²) >= 11 is 0. The molecule has 1 N–H and O–H groups in total. The highest BCUT2D eigenvalue weighted by molar-refractivity contribution is 6.03. The lowest BCUT2D eigenvalue weighted by Crippen LogP contribution is -2.40. The zero-order valence-corrected chi connectivity index (χ0v) is 13.4. The second kappa shape index (κ2) is 5.02. The molecule has 0 saturated carbocycles. The first kappa shape index (κ1) is 15.3. The zero-order valence-electron chi connectivity index (χ0n) is 13.4. The fourth-order valence-corrected chi connectivity index (χ4v) is 2.39. The molecule has 0 fully saturated rings. The first-order valence-corrected chi connectivity index (χ1v) is 6.91. The SMILES string of the molecule is CC(N(C)c1c(C(=O)O)cnc2c1cnn2C)C(C)(C)C. The summed E-state index contributed by atoms with van der Waals surface area (Å²) in [5, 5.41) is 14.4. The summed E-state index contributed by atoms with van der Waals surface area (Å²) in [6, 6.07) is 0.154. The largest absolute Gasteiger partial charge is 0.478 e. The van der Waals surface area contributed by atoms with Crippen LogP contribution in [0.25, 0.3) is 11.0 Å². The number of carboxylic acid groups (broad SMARTS) is 1. The van der Waals surface area contributed by atoms with E-state index in [1.807, 2.05) is 11.9 Å². The molecule has 0 saturated heterocycles. The minimum absolute atomic E-state index is 0.0162. The normalized spacial score (nSPS) is 13.4. The van der Waals surface area contributed by atoms with Gasteiger partial charge in [-0.1, -0.05) is 20.8 Å². The summed E-state index contributed by atoms with van der Waals surface area (Å²) < 4.78 is 1.65. The third-order valence-electron chi connectivity index (χ3n) is 4.15. The van der Waals surface area contributed by atoms with Crippen LogP contribution in [-0.4, -0.2) is 38.9 Å². The van der Waals surface area contributed by atoms with Crippen molar-refractivity contribution < 1.29 is 9.90 Å². The van der Waals surface area contributed by atoms with Crippen LogP contribution in [-0.2, 0) is 7.05 Å². The molecule has 1 atom stereocenters. The number of pyridine rings is 1. The lowest BCUT2D eigenvalue weighted by atomic mass is 9.86. The van der Waals surface area contributed by atoms with E-state index in [9.17, 15) is 9.90 Å². The summed E-state index contributed by atoms with van der Waals surface area (Å²) in [5.41, 5.74) is 1.57. The fourth-order valence-electron chi connectivity index (χ4n) is 2.39. The monoisotopic (exact) mass is 290 g/mol. The molecule has 0 aliphatic carbocycles. The molecule has 0 aromatic carbocycles. The number of nitrogens with zero attached hydrogens (tertiary/aromatic N) is 4. The number of aromatic nitrogens is 3. The highest BCUT2D eigenvalue weighted by Gasteiger charge is 2.28. The molecular formula is C15H22N4O2. The van der Waals surface area contributed by atoms with Crippen LogP contribution in [0.1, 0.15) is 38.1 Å². The summed E-state index contributed by atoms with van der Waals surface area (Å²) in [4.78, 5) is 17.8. The predicted molar refractivity (Wildman–Crippen MR) is 82.8 cm³/mol. The molecule has 2 aromatic heterocycles. The summed E-state index contributed by atoms with van der Waals surface area (Å²) in [5.74, 6) is -0.976. The number of aromatic carboxylic acids is 1. The standard InChI is InChI=1S/C15H22N4O2/c1-9(15(2,3)4)18(5)12-10-8-17-19(6)13(10)16-7-11(12)14(20)21/h7-9H,1-6H3,(H,20,21). The van der Waals surface area contributed by atoms with Crippen LogP contribution in [0.3, 0.4) is 0 Å². The van der Waals surface area contributed by atoms with Gasteiger partial charge in [-0.2, -0.15) is 5.10 Å². The predicted octanol–water partition coefficient (Wildman–Crippen LogP) is 2.54. The van der Waals surface area contributed by atoms with E-state index < -0.39 is 5.97 Å². The van der Waals surface area contributed by atoms with Crippen molar-refractivity contribution in [3.05, 3.63) is 18.0 Å². The minimum Gasteiger partial charge on any atom is -0.478 e. The van der Waals surface area contributed by atoms with Gasteiger partial charge < -0.3 is 10.0 Å². The molecule has 0 aliphatic heterocycles. The third kappa shape index (κ3) is 2.57. The Morgan fingerprint density at radius 3 is 2.52 bits per heavy atom. The molecule has 2 rings (SSSR count). The van der Waals surface area contributed by atoms with Crippen molar-refractivity contribution >= 4 is 22.7 Å². The van der Waals surface area contributed by atoms with Crippen LogP contribution in [0.4, 0.5) is 5.69 Å². The molecule has 1 unspecified atom stereocenters. The van der Waals surface area contributed by atoms with Crippen LogP contribution < -0.4 is 4.90 Å². The number of anilines is 1. The Morgan fingerprint density at radius 1 is 1.38 bits per heavy atom. The molecule has 0 amide bonds. The fraction of sp³-hybridized carbons (Fsp3) is 0.533. The summed E-state index contributed by atoms with van der Waals surface area (Å²) in [6.45, 7) is 8.50. The van der Waals surface area contributed by atoms with Crippen molar-refractivity contribution in [3.8, 4) is 0 Å². The van der Waals surface area contributed by atoms with E-state index in [4.69, 9.17) is 0 Å². The smallest absolute Gasteiger partial charge is 0.339 e. The van der Waals surface area contributed by atoms with Gasteiger partial charge >= 0.3 is 5.97 Å². The van der Waals surface area contributed by atoms with E-state index in [1.54, 1.807) is 17.9 Å². The first-order chi connectivity index (χ1) is 9.64. The quantitative estimate of drug-likeness (QED) is 0.940. The van der Waals surface area contributed by atoms with Gasteiger partial charge in [0, 0.05) is 26.3 Å². The van der Waals surface area contributed by atoms with Gasteiger partial charge in [0.1, 0.15) is 5.56 Å². The molecule has 2 aromatic rings.